The molecular weight excluding hydrogens is 581 g/mol. The molecule has 0 radical (unpaired) electrons. The Morgan fingerprint density at radius 2 is 1.61 bits per heavy atom. The zero-order valence-electron chi connectivity index (χ0n) is 21.0. The van der Waals surface area contributed by atoms with E-state index in [1.54, 1.807) is 54.6 Å². The van der Waals surface area contributed by atoms with Gasteiger partial charge >= 0.3 is 16.4 Å². The summed E-state index contributed by atoms with van der Waals surface area (Å²) >= 11 is 1.16. The average molecular weight is 603 g/mol. The smallest absolute Gasteiger partial charge is 0.416 e. The van der Waals surface area contributed by atoms with Gasteiger partial charge in [-0.1, -0.05) is 36.4 Å². The van der Waals surface area contributed by atoms with Crippen molar-refractivity contribution in [2.24, 2.45) is 4.99 Å². The summed E-state index contributed by atoms with van der Waals surface area (Å²) in [6, 6.07) is 18.4. The van der Waals surface area contributed by atoms with Crippen LogP contribution in [0.1, 0.15) is 22.3 Å². The first-order valence-corrected chi connectivity index (χ1v) is 14.3. The van der Waals surface area contributed by atoms with Gasteiger partial charge in [0.05, 0.1) is 22.7 Å². The van der Waals surface area contributed by atoms with Gasteiger partial charge in [0.15, 0.2) is 5.17 Å². The van der Waals surface area contributed by atoms with Gasteiger partial charge in [-0.3, -0.25) is 9.59 Å². The number of aliphatic imine (C=N–C) groups is 1. The molecule has 2 N–H and O–H groups in total. The molecule has 5 rings (SSSR count). The molecule has 3 aromatic rings. The monoisotopic (exact) mass is 602 g/mol. The Morgan fingerprint density at radius 3 is 2.22 bits per heavy atom. The topological polar surface area (TPSA) is 117 Å². The fraction of sp³-hybridized carbons (Fsp3) is 0.148. The van der Waals surface area contributed by atoms with Crippen LogP contribution in [0, 0.1) is 0 Å². The van der Waals surface area contributed by atoms with Crippen LogP contribution in [0.2, 0.25) is 0 Å². The van der Waals surface area contributed by atoms with Gasteiger partial charge in [0, 0.05) is 6.54 Å². The normalized spacial score (nSPS) is 19.0. The highest BCUT2D eigenvalue weighted by Crippen LogP contribution is 2.30. The number of benzene rings is 3. The molecule has 0 aliphatic carbocycles. The molecule has 0 spiro atoms. The van der Waals surface area contributed by atoms with Crippen LogP contribution < -0.4 is 14.8 Å². The van der Waals surface area contributed by atoms with Gasteiger partial charge in [-0.25, -0.2) is 9.71 Å². The lowest BCUT2D eigenvalue weighted by molar-refractivity contribution is -0.137. The van der Waals surface area contributed by atoms with E-state index in [4.69, 9.17) is 4.74 Å². The molecule has 41 heavy (non-hydrogen) atoms. The third-order valence-corrected chi connectivity index (χ3v) is 8.28. The number of halogens is 3. The fourth-order valence-corrected chi connectivity index (χ4v) is 5.80. The lowest BCUT2D eigenvalue weighted by Gasteiger charge is -2.12. The van der Waals surface area contributed by atoms with Gasteiger partial charge in [-0.2, -0.15) is 25.9 Å². The molecule has 3 aromatic carbocycles. The molecule has 9 nitrogen and oxygen atoms in total. The van der Waals surface area contributed by atoms with Crippen molar-refractivity contribution >= 4 is 50.7 Å². The number of carbonyl (C=O) groups excluding carboxylic acids is 2. The number of thioether (sulfide) groups is 1. The Bertz CT molecular complexity index is 1640. The molecule has 0 saturated carbocycles. The van der Waals surface area contributed by atoms with Gasteiger partial charge in [0.25, 0.3) is 5.91 Å². The van der Waals surface area contributed by atoms with Crippen LogP contribution in [0.25, 0.3) is 6.08 Å². The van der Waals surface area contributed by atoms with Crippen LogP contribution >= 0.6 is 11.8 Å². The van der Waals surface area contributed by atoms with E-state index in [0.29, 0.717) is 32.6 Å². The SMILES string of the molecule is O=C1CN(Cc2ccc(N=C3NC(=O)/C(=C\c4ccc(OCc5ccc(C(F)(F)F)cc5)cc4)S3)cc2)S(=O)(=O)N1. The van der Waals surface area contributed by atoms with E-state index in [1.165, 1.54) is 12.1 Å². The van der Waals surface area contributed by atoms with Gasteiger partial charge in [-0.05, 0) is 70.9 Å². The molecule has 0 atom stereocenters. The number of nitrogens with one attached hydrogen (secondary N) is 2. The molecule has 2 saturated heterocycles. The predicted molar refractivity (Wildman–Crippen MR) is 147 cm³/mol. The third-order valence-electron chi connectivity index (χ3n) is 5.94. The average Bonchev–Trinajstić information content (AvgIpc) is 3.39. The first-order valence-electron chi connectivity index (χ1n) is 12.0. The highest BCUT2D eigenvalue weighted by atomic mass is 32.2. The quantitative estimate of drug-likeness (QED) is 0.389. The van der Waals surface area contributed by atoms with Crippen molar-refractivity contribution in [3.63, 3.8) is 0 Å². The minimum Gasteiger partial charge on any atom is -0.489 e. The maximum atomic E-state index is 12.7. The summed E-state index contributed by atoms with van der Waals surface area (Å²) in [7, 11) is -3.81. The molecule has 14 heteroatoms. The minimum atomic E-state index is -4.39. The summed E-state index contributed by atoms with van der Waals surface area (Å²) in [5.41, 5.74) is 1.83. The first kappa shape index (κ1) is 28.4. The number of rotatable bonds is 7. The maximum Gasteiger partial charge on any atom is 0.416 e. The highest BCUT2D eigenvalue weighted by molar-refractivity contribution is 8.18. The summed E-state index contributed by atoms with van der Waals surface area (Å²) in [6.07, 6.45) is -2.70. The molecule has 2 fully saturated rings. The number of alkyl halides is 3. The van der Waals surface area contributed by atoms with Gasteiger partial charge < -0.3 is 10.1 Å². The van der Waals surface area contributed by atoms with E-state index in [-0.39, 0.29) is 25.6 Å². The molecule has 212 valence electrons. The number of hydrogen-bond donors (Lipinski definition) is 2. The zero-order valence-corrected chi connectivity index (χ0v) is 22.6. The highest BCUT2D eigenvalue weighted by Gasteiger charge is 2.33. The van der Waals surface area contributed by atoms with Crippen LogP contribution in [-0.2, 0) is 39.1 Å². The van der Waals surface area contributed by atoms with E-state index in [1.807, 2.05) is 4.72 Å². The van der Waals surface area contributed by atoms with Crippen LogP contribution in [-0.4, -0.2) is 36.2 Å². The van der Waals surface area contributed by atoms with E-state index < -0.39 is 27.9 Å². The Labute approximate surface area is 237 Å². The molecule has 2 amide bonds. The second-order valence-corrected chi connectivity index (χ2v) is 11.7. The Kier molecular flexibility index (Phi) is 7.89. The summed E-state index contributed by atoms with van der Waals surface area (Å²) in [5.74, 6) is -0.372. The lowest BCUT2D eigenvalue weighted by Crippen LogP contribution is -2.29. The van der Waals surface area contributed by atoms with Crippen LogP contribution in [0.15, 0.2) is 82.7 Å². The second-order valence-electron chi connectivity index (χ2n) is 9.00. The van der Waals surface area contributed by atoms with E-state index in [9.17, 15) is 31.2 Å². The van der Waals surface area contributed by atoms with Gasteiger partial charge in [0.1, 0.15) is 12.4 Å². The molecule has 2 aliphatic heterocycles. The maximum absolute atomic E-state index is 12.7. The first-order chi connectivity index (χ1) is 19.4. The fourth-order valence-electron chi connectivity index (χ4n) is 3.87. The van der Waals surface area contributed by atoms with Crippen molar-refractivity contribution in [3.8, 4) is 5.75 Å². The van der Waals surface area contributed by atoms with Crippen LogP contribution in [0.5, 0.6) is 5.75 Å². The summed E-state index contributed by atoms with van der Waals surface area (Å²) in [6.45, 7) is -0.0935. The van der Waals surface area contributed by atoms with Gasteiger partial charge in [0.2, 0.25) is 5.91 Å². The number of amides is 2. The largest absolute Gasteiger partial charge is 0.489 e. The lowest BCUT2D eigenvalue weighted by atomic mass is 10.1. The third kappa shape index (κ3) is 7.14. The molecule has 0 unspecified atom stereocenters. The minimum absolute atomic E-state index is 0.0369. The molecule has 0 bridgehead atoms. The Hall–Kier alpha value is -4.14. The molecule has 2 aliphatic rings. The predicted octanol–water partition coefficient (Wildman–Crippen LogP) is 4.35. The van der Waals surface area contributed by atoms with E-state index in [2.05, 4.69) is 10.3 Å². The summed E-state index contributed by atoms with van der Waals surface area (Å²) in [4.78, 5) is 28.7. The van der Waals surface area contributed by atoms with Crippen LogP contribution in [0.4, 0.5) is 18.9 Å². The zero-order chi connectivity index (χ0) is 29.2. The number of ether oxygens (including phenoxy) is 1. The number of carbonyl (C=O) groups is 2. The van der Waals surface area contributed by atoms with Gasteiger partial charge in [-0.15, -0.1) is 0 Å². The van der Waals surface area contributed by atoms with E-state index in [0.717, 1.165) is 33.8 Å². The van der Waals surface area contributed by atoms with E-state index >= 15 is 0 Å². The number of hydrogen-bond acceptors (Lipinski definition) is 7. The summed E-state index contributed by atoms with van der Waals surface area (Å²) < 4.78 is 70.5. The molecule has 2 heterocycles. The standard InChI is InChI=1S/C27H21F3N4O5S2/c28-27(29,30)20-7-1-19(2-8-20)16-39-22-11-5-17(6-12-22)13-23-25(36)32-26(40-23)31-21-9-3-18(4-10-21)14-34-15-24(35)33-41(34,37)38/h1-13H,14-16H2,(H,33,35)(H,31,32,36)/b23-13+. The number of nitrogens with zero attached hydrogens (tertiary/aromatic N) is 2. The van der Waals surface area contributed by atoms with Crippen molar-refractivity contribution in [3.05, 3.63) is 100.0 Å². The van der Waals surface area contributed by atoms with Crippen molar-refractivity contribution in [2.45, 2.75) is 19.3 Å². The van der Waals surface area contributed by atoms with Crippen molar-refractivity contribution < 1.29 is 35.9 Å². The Morgan fingerprint density at radius 1 is 0.951 bits per heavy atom. The second kappa shape index (κ2) is 11.4. The van der Waals surface area contributed by atoms with Crippen molar-refractivity contribution in [2.75, 3.05) is 6.54 Å². The Balaban J connectivity index is 1.17. The summed E-state index contributed by atoms with van der Waals surface area (Å²) in [5, 5.41) is 3.08. The van der Waals surface area contributed by atoms with Crippen molar-refractivity contribution in [1.29, 1.82) is 0 Å². The molecular formula is C27H21F3N4O5S2. The molecule has 0 aromatic heterocycles. The van der Waals surface area contributed by atoms with Crippen molar-refractivity contribution in [1.82, 2.24) is 14.3 Å². The number of amidine groups is 1. The van der Waals surface area contributed by atoms with Crippen LogP contribution in [0.3, 0.4) is 0 Å².